The molecule has 0 unspecified atom stereocenters. The Labute approximate surface area is 213 Å². The number of halogens is 1. The molecule has 1 aliphatic heterocycles. The van der Waals surface area contributed by atoms with Crippen molar-refractivity contribution >= 4 is 28.9 Å². The molecule has 0 radical (unpaired) electrons. The highest BCUT2D eigenvalue weighted by atomic mass is 35.5. The Morgan fingerprint density at radius 2 is 1.97 bits per heavy atom. The molecule has 12 heteroatoms. The summed E-state index contributed by atoms with van der Waals surface area (Å²) >= 11 is 6.17. The number of anilines is 2. The summed E-state index contributed by atoms with van der Waals surface area (Å²) in [5.41, 5.74) is 0.671. The molecular formula is C24H29ClN6O5. The van der Waals surface area contributed by atoms with E-state index in [9.17, 15) is 9.90 Å². The van der Waals surface area contributed by atoms with Crippen LogP contribution in [0.1, 0.15) is 31.3 Å². The van der Waals surface area contributed by atoms with Gasteiger partial charge in [0, 0.05) is 43.1 Å². The van der Waals surface area contributed by atoms with Crippen LogP contribution < -0.4 is 15.0 Å². The van der Waals surface area contributed by atoms with Crippen molar-refractivity contribution in [1.29, 1.82) is 0 Å². The Morgan fingerprint density at radius 3 is 2.56 bits per heavy atom. The molecule has 192 valence electrons. The molecule has 36 heavy (non-hydrogen) atoms. The normalized spacial score (nSPS) is 21.1. The van der Waals surface area contributed by atoms with Gasteiger partial charge in [-0.3, -0.25) is 4.79 Å². The zero-order valence-corrected chi connectivity index (χ0v) is 21.4. The van der Waals surface area contributed by atoms with Crippen LogP contribution in [-0.2, 0) is 27.9 Å². The van der Waals surface area contributed by atoms with Crippen LogP contribution in [0.5, 0.6) is 5.75 Å². The van der Waals surface area contributed by atoms with Crippen molar-refractivity contribution < 1.29 is 24.1 Å². The zero-order chi connectivity index (χ0) is 26.0. The van der Waals surface area contributed by atoms with Gasteiger partial charge in [-0.2, -0.15) is 4.80 Å². The number of carbonyl (C=O) groups is 1. The maximum atomic E-state index is 11.9. The van der Waals surface area contributed by atoms with E-state index in [0.29, 0.717) is 27.8 Å². The second-order valence-electron chi connectivity index (χ2n) is 8.71. The van der Waals surface area contributed by atoms with Crippen molar-refractivity contribution in [3.8, 4) is 5.75 Å². The van der Waals surface area contributed by atoms with Gasteiger partial charge in [-0.1, -0.05) is 11.6 Å². The lowest BCUT2D eigenvalue weighted by Crippen LogP contribution is -2.62. The first-order chi connectivity index (χ1) is 17.2. The summed E-state index contributed by atoms with van der Waals surface area (Å²) in [7, 11) is 4.65. The Hall–Kier alpha value is -3.25. The average molecular weight is 517 g/mol. The predicted octanol–water partition coefficient (Wildman–Crippen LogP) is 2.70. The van der Waals surface area contributed by atoms with Gasteiger partial charge in [0.25, 0.3) is 0 Å². The number of methoxy groups -OCH3 is 2. The molecule has 3 atom stereocenters. The molecule has 1 amide bonds. The molecule has 3 aromatic rings. The Kier molecular flexibility index (Phi) is 7.46. The number of aliphatic hydroxyl groups excluding tert-OH is 1. The van der Waals surface area contributed by atoms with E-state index in [0.717, 1.165) is 5.69 Å². The van der Waals surface area contributed by atoms with Gasteiger partial charge in [0.2, 0.25) is 5.91 Å². The Bertz CT molecular complexity index is 1220. The van der Waals surface area contributed by atoms with Crippen LogP contribution in [0.25, 0.3) is 0 Å². The molecule has 2 aromatic carbocycles. The third-order valence-electron chi connectivity index (χ3n) is 6.12. The van der Waals surface area contributed by atoms with Gasteiger partial charge in [-0.25, -0.2) is 0 Å². The van der Waals surface area contributed by atoms with Crippen LogP contribution in [0.3, 0.4) is 0 Å². The summed E-state index contributed by atoms with van der Waals surface area (Å²) in [6.07, 6.45) is -2.05. The minimum atomic E-state index is -1.29. The molecule has 2 N–H and O–H groups in total. The van der Waals surface area contributed by atoms with E-state index < -0.39 is 24.0 Å². The van der Waals surface area contributed by atoms with Crippen LogP contribution in [0, 0.1) is 0 Å². The van der Waals surface area contributed by atoms with Gasteiger partial charge in [-0.15, -0.1) is 10.2 Å². The number of hydrogen-bond acceptors (Lipinski definition) is 9. The van der Waals surface area contributed by atoms with Crippen LogP contribution >= 0.6 is 11.6 Å². The topological polar surface area (TPSA) is 124 Å². The molecule has 0 fully saturated rings. The van der Waals surface area contributed by atoms with E-state index in [4.69, 9.17) is 25.8 Å². The molecule has 11 nitrogen and oxygen atoms in total. The molecule has 0 bridgehead atoms. The first kappa shape index (κ1) is 25.8. The highest BCUT2D eigenvalue weighted by molar-refractivity contribution is 6.30. The SMILES string of the molecule is COC(OC)[C@@]1(C)Oc2ccc(NC(C)=O)cc2[C@@H](N(Cc2nnn(C)n2)c2ccc(Cl)cc2)[C@@H]1O. The number of rotatable bonds is 8. The monoisotopic (exact) mass is 516 g/mol. The van der Waals surface area contributed by atoms with Crippen LogP contribution in [0.15, 0.2) is 42.5 Å². The van der Waals surface area contributed by atoms with Gasteiger partial charge in [-0.05, 0) is 54.6 Å². The standard InChI is InChI=1S/C24H29ClN6O5/c1-14(32)26-16-8-11-19-18(12-16)21(22(33)24(2,36-19)23(34-4)35-5)31(13-20-27-29-30(3)28-20)17-9-6-15(25)7-10-17/h6-12,21-23,33H,13H2,1-5H3,(H,26,32)/t21-,22+,24+/m1/s1. The molecule has 4 rings (SSSR count). The largest absolute Gasteiger partial charge is 0.479 e. The molecule has 0 saturated heterocycles. The third kappa shape index (κ3) is 5.00. The number of aromatic nitrogens is 4. The second kappa shape index (κ2) is 10.4. The summed E-state index contributed by atoms with van der Waals surface area (Å²) in [6, 6.07) is 11.8. The number of aliphatic hydroxyl groups is 1. The Balaban J connectivity index is 1.90. The molecule has 1 aliphatic rings. The lowest BCUT2D eigenvalue weighted by atomic mass is 9.83. The van der Waals surface area contributed by atoms with E-state index >= 15 is 0 Å². The van der Waals surface area contributed by atoms with Gasteiger partial charge >= 0.3 is 0 Å². The quantitative estimate of drug-likeness (QED) is 0.435. The second-order valence-corrected chi connectivity index (χ2v) is 9.15. The predicted molar refractivity (Wildman–Crippen MR) is 133 cm³/mol. The van der Waals surface area contributed by atoms with E-state index in [1.165, 1.54) is 25.9 Å². The number of ether oxygens (including phenoxy) is 3. The van der Waals surface area contributed by atoms with Crippen molar-refractivity contribution in [1.82, 2.24) is 20.2 Å². The Morgan fingerprint density at radius 1 is 1.28 bits per heavy atom. The van der Waals surface area contributed by atoms with Crippen molar-refractivity contribution in [2.24, 2.45) is 7.05 Å². The first-order valence-corrected chi connectivity index (χ1v) is 11.6. The van der Waals surface area contributed by atoms with Crippen molar-refractivity contribution in [3.63, 3.8) is 0 Å². The minimum absolute atomic E-state index is 0.210. The smallest absolute Gasteiger partial charge is 0.221 e. The average Bonchev–Trinajstić information content (AvgIpc) is 3.25. The van der Waals surface area contributed by atoms with Crippen LogP contribution in [0.4, 0.5) is 11.4 Å². The number of nitrogens with zero attached hydrogens (tertiary/aromatic N) is 5. The summed E-state index contributed by atoms with van der Waals surface area (Å²) in [6.45, 7) is 3.37. The lowest BCUT2D eigenvalue weighted by Gasteiger charge is -2.50. The number of nitrogens with one attached hydrogen (secondary N) is 1. The van der Waals surface area contributed by atoms with Crippen LogP contribution in [0.2, 0.25) is 5.02 Å². The van der Waals surface area contributed by atoms with Crippen molar-refractivity contribution in [2.45, 2.75) is 44.4 Å². The molecule has 0 saturated carbocycles. The minimum Gasteiger partial charge on any atom is -0.479 e. The number of amides is 1. The van der Waals surface area contributed by atoms with E-state index in [1.54, 1.807) is 44.3 Å². The summed E-state index contributed by atoms with van der Waals surface area (Å²) < 4.78 is 17.4. The van der Waals surface area contributed by atoms with Gasteiger partial charge < -0.3 is 29.5 Å². The van der Waals surface area contributed by atoms with Gasteiger partial charge in [0.1, 0.15) is 11.9 Å². The maximum absolute atomic E-state index is 11.9. The summed E-state index contributed by atoms with van der Waals surface area (Å²) in [4.78, 5) is 15.1. The lowest BCUT2D eigenvalue weighted by molar-refractivity contribution is -0.237. The highest BCUT2D eigenvalue weighted by Crippen LogP contribution is 2.47. The third-order valence-corrected chi connectivity index (χ3v) is 6.37. The maximum Gasteiger partial charge on any atom is 0.221 e. The number of carbonyl (C=O) groups excluding carboxylic acids is 1. The van der Waals surface area contributed by atoms with Crippen molar-refractivity contribution in [2.75, 3.05) is 24.4 Å². The molecule has 0 aliphatic carbocycles. The molecular weight excluding hydrogens is 488 g/mol. The fraction of sp³-hybridized carbons (Fsp3) is 0.417. The molecule has 2 heterocycles. The zero-order valence-electron chi connectivity index (χ0n) is 20.7. The number of fused-ring (bicyclic) bond motifs is 1. The molecule has 1 aromatic heterocycles. The molecule has 0 spiro atoms. The van der Waals surface area contributed by atoms with E-state index in [2.05, 4.69) is 20.7 Å². The number of tetrazole rings is 1. The first-order valence-electron chi connectivity index (χ1n) is 11.3. The fourth-order valence-electron chi connectivity index (χ4n) is 4.55. The van der Waals surface area contributed by atoms with Crippen LogP contribution in [-0.4, -0.2) is 63.4 Å². The summed E-state index contributed by atoms with van der Waals surface area (Å²) in [5.74, 6) is 0.736. The fourth-order valence-corrected chi connectivity index (χ4v) is 4.67. The number of hydrogen-bond donors (Lipinski definition) is 2. The van der Waals surface area contributed by atoms with Gasteiger partial charge in [0.15, 0.2) is 17.7 Å². The summed E-state index contributed by atoms with van der Waals surface area (Å²) in [5, 5.41) is 27.7. The number of benzene rings is 2. The number of aryl methyl sites for hydroxylation is 1. The van der Waals surface area contributed by atoms with E-state index in [-0.39, 0.29) is 12.5 Å². The van der Waals surface area contributed by atoms with E-state index in [1.807, 2.05) is 17.0 Å². The highest BCUT2D eigenvalue weighted by Gasteiger charge is 2.54. The van der Waals surface area contributed by atoms with Gasteiger partial charge in [0.05, 0.1) is 19.6 Å². The van der Waals surface area contributed by atoms with Crippen molar-refractivity contribution in [3.05, 3.63) is 58.9 Å².